The maximum Gasteiger partial charge on any atom is 0.217 e. The van der Waals surface area contributed by atoms with Gasteiger partial charge in [-0.3, -0.25) is 9.59 Å². The smallest absolute Gasteiger partial charge is 0.217 e. The zero-order valence-corrected chi connectivity index (χ0v) is 79.2. The average Bonchev–Trinajstić information content (AvgIpc) is 0.765. The van der Waals surface area contributed by atoms with Gasteiger partial charge in [-0.15, -0.1) is 0 Å². The van der Waals surface area contributed by atoms with Gasteiger partial charge < -0.3 is 328 Å². The predicted octanol–water partition coefficient (Wildman–Crippen LogP) is -29.0. The molecule has 13 saturated heterocycles. The number of ether oxygens (including phenoxy) is 25. The fourth-order valence-corrected chi connectivity index (χ4v) is 19.4. The van der Waals surface area contributed by atoms with Crippen molar-refractivity contribution in [2.75, 3.05) is 85.9 Å². The number of hydrogen-bond acceptors (Lipinski definition) is 66. The highest BCUT2D eigenvalue weighted by Gasteiger charge is 2.64. The first-order valence-corrected chi connectivity index (χ1v) is 47.7. The molecule has 0 spiro atoms. The third-order valence-corrected chi connectivity index (χ3v) is 28.0. The van der Waals surface area contributed by atoms with Crippen LogP contribution in [0, 0.1) is 0 Å². The van der Waals surface area contributed by atoms with Crippen LogP contribution in [0.5, 0.6) is 0 Å². The van der Waals surface area contributed by atoms with E-state index < -0.39 is 497 Å². The van der Waals surface area contributed by atoms with Crippen LogP contribution in [0.4, 0.5) is 0 Å². The second-order valence-electron chi connectivity index (χ2n) is 38.0. The summed E-state index contributed by atoms with van der Waals surface area (Å²) in [6, 6.07) is -3.81. The van der Waals surface area contributed by atoms with E-state index in [1.807, 2.05) is 0 Å². The lowest BCUT2D eigenvalue weighted by Crippen LogP contribution is -2.70. The maximum atomic E-state index is 13.3. The molecule has 13 aliphatic heterocycles. The minimum atomic E-state index is -2.79. The van der Waals surface area contributed by atoms with Gasteiger partial charge in [0.25, 0.3) is 0 Å². The van der Waals surface area contributed by atoms with Crippen molar-refractivity contribution >= 4 is 11.8 Å². The lowest BCUT2D eigenvalue weighted by atomic mass is 9.94. The predicted molar refractivity (Wildman–Crippen MR) is 451 cm³/mol. The number of aliphatic hydroxyl groups excluding tert-OH is 39. The third kappa shape index (κ3) is 26.2. The van der Waals surface area contributed by atoms with Gasteiger partial charge in [0.2, 0.25) is 11.8 Å². The first-order chi connectivity index (χ1) is 71.1. The Hall–Kier alpha value is -3.62. The van der Waals surface area contributed by atoms with Crippen LogP contribution >= 0.6 is 0 Å². The highest BCUT2D eigenvalue weighted by atomic mass is 16.8. The molecule has 13 rings (SSSR count). The van der Waals surface area contributed by atoms with Crippen molar-refractivity contribution in [1.82, 2.24) is 10.6 Å². The molecule has 0 radical (unpaired) electrons. The Labute approximate surface area is 845 Å². The number of aliphatic hydroxyl groups is 39. The Morgan fingerprint density at radius 2 is 0.367 bits per heavy atom. The highest BCUT2D eigenvalue weighted by Crippen LogP contribution is 2.44. The quantitative estimate of drug-likeness (QED) is 0.0272. The molecule has 2 amide bonds. The van der Waals surface area contributed by atoms with Gasteiger partial charge in [-0.1, -0.05) is 0 Å². The number of nitrogens with one attached hydrogen (secondary N) is 2. The molecule has 0 aromatic carbocycles. The van der Waals surface area contributed by atoms with Crippen LogP contribution in [0.2, 0.25) is 0 Å². The summed E-state index contributed by atoms with van der Waals surface area (Å²) < 4.78 is 147. The first kappa shape index (κ1) is 123. The molecule has 150 heavy (non-hydrogen) atoms. The molecular formula is C82H138N2O66. The van der Waals surface area contributed by atoms with Crippen LogP contribution in [0.25, 0.3) is 0 Å². The largest absolute Gasteiger partial charge is 0.394 e. The van der Waals surface area contributed by atoms with Crippen molar-refractivity contribution in [2.24, 2.45) is 0 Å². The van der Waals surface area contributed by atoms with E-state index in [1.54, 1.807) is 0 Å². The molecule has 65 atom stereocenters. The molecule has 13 heterocycles. The average molecular weight is 2210 g/mol. The lowest BCUT2D eigenvalue weighted by molar-refractivity contribution is -0.412. The van der Waals surface area contributed by atoms with Crippen LogP contribution < -0.4 is 10.6 Å². The molecule has 68 nitrogen and oxygen atoms in total. The Bertz CT molecular complexity index is 4070. The molecule has 41 N–H and O–H groups in total. The molecule has 0 unspecified atom stereocenters. The molecule has 13 fully saturated rings. The van der Waals surface area contributed by atoms with E-state index in [0.717, 1.165) is 13.8 Å². The topological polar surface area (TPSA) is 1080 Å². The molecule has 13 aliphatic rings. The van der Waals surface area contributed by atoms with Gasteiger partial charge in [0, 0.05) is 13.8 Å². The summed E-state index contributed by atoms with van der Waals surface area (Å²) in [5, 5.41) is 444. The van der Waals surface area contributed by atoms with E-state index in [4.69, 9.17) is 118 Å². The molecule has 68 heteroatoms. The summed E-state index contributed by atoms with van der Waals surface area (Å²) in [7, 11) is 0. The summed E-state index contributed by atoms with van der Waals surface area (Å²) >= 11 is 0. The molecule has 0 aromatic rings. The van der Waals surface area contributed by atoms with Crippen LogP contribution in [0.1, 0.15) is 13.8 Å². The second-order valence-corrected chi connectivity index (χ2v) is 38.0. The summed E-state index contributed by atoms with van der Waals surface area (Å²) in [6.45, 7) is -13.9. The van der Waals surface area contributed by atoms with E-state index in [0.29, 0.717) is 0 Å². The van der Waals surface area contributed by atoms with E-state index in [2.05, 4.69) is 10.6 Å². The van der Waals surface area contributed by atoms with Crippen molar-refractivity contribution in [3.63, 3.8) is 0 Å². The van der Waals surface area contributed by atoms with Crippen molar-refractivity contribution < 1.29 is 327 Å². The summed E-state index contributed by atoms with van der Waals surface area (Å²) in [5.74, 6) is -1.89. The normalized spacial score (nSPS) is 52.1. The van der Waals surface area contributed by atoms with Crippen LogP contribution in [-0.2, 0) is 128 Å². The standard InChI is InChI=1S/C82H138N2O66/c1-16(96)83-31-44(109)60(27(12-94)128-70(31)125)141-71-32(84-17(2)97)45(110)61(28(13-95)138-71)142-78-59(124)65(146-81-69(52(117)39(104)23(8-90)136-81)150-82-68(51(116)38(103)24(9-91)137-82)149-77-58(123)63(41(106)26(11-93)133-77)144-76-57(122)62(40(105)25(10-92)132-76)143-73-53(118)46(111)33(98)18(3-85)129-73)43(108)30(140-78)14-126-72-56(121)64(145-80-67(50(115)37(102)22(7-89)135-80)148-75-55(120)48(113)35(100)20(5-87)131-75)42(107)29(139-72)15-127-79-66(49(114)36(101)21(6-88)134-79)147-74-54(119)47(112)34(99)19(4-86)130-74/h18-82,85-95,98-125H,3-15H2,1-2H3,(H,83,96)(H,84,97)/t18-,19-,20-,21-,22-,23-,24-,25-,26-,27-,28-,29-,30-,31-,32-,33-,34-,35-,36-,37-,38-,39-,40-,41-,42-,43-,44-,45-,46+,47+,48+,49+,50+,51+,52+,53-,54+,55+,56+,57-,58+,59+,60-,61-,62+,63+,64+,65+,66+,67+,68+,69+,70+,71+,72+,73-,74-,75-,76-,77-,78+,79+,80-,81-,82-/m1/s1. The summed E-state index contributed by atoms with van der Waals surface area (Å²) in [4.78, 5) is 25.6. The lowest BCUT2D eigenvalue weighted by Gasteiger charge is -2.51. The molecule has 0 aromatic heterocycles. The summed E-state index contributed by atoms with van der Waals surface area (Å²) in [6.07, 6.45) is -143. The summed E-state index contributed by atoms with van der Waals surface area (Å²) in [5.41, 5.74) is 0. The van der Waals surface area contributed by atoms with Crippen molar-refractivity contribution in [1.29, 1.82) is 0 Å². The van der Waals surface area contributed by atoms with Gasteiger partial charge in [0.05, 0.1) is 85.9 Å². The van der Waals surface area contributed by atoms with Crippen LogP contribution in [-0.4, -0.2) is 696 Å². The monoisotopic (exact) mass is 2210 g/mol. The Kier molecular flexibility index (Phi) is 44.2. The van der Waals surface area contributed by atoms with Gasteiger partial charge >= 0.3 is 0 Å². The van der Waals surface area contributed by atoms with Gasteiger partial charge in [-0.2, -0.15) is 0 Å². The number of rotatable bonds is 39. The second kappa shape index (κ2) is 53.8. The van der Waals surface area contributed by atoms with Gasteiger partial charge in [-0.25, -0.2) is 0 Å². The van der Waals surface area contributed by atoms with Crippen molar-refractivity contribution in [3.05, 3.63) is 0 Å². The van der Waals surface area contributed by atoms with Crippen molar-refractivity contribution in [2.45, 2.75) is 413 Å². The van der Waals surface area contributed by atoms with E-state index in [1.165, 1.54) is 0 Å². The van der Waals surface area contributed by atoms with E-state index in [-0.39, 0.29) is 0 Å². The fraction of sp³-hybridized carbons (Fsp3) is 0.976. The zero-order valence-electron chi connectivity index (χ0n) is 79.2. The third-order valence-electron chi connectivity index (χ3n) is 28.0. The number of hydrogen-bond donors (Lipinski definition) is 41. The molecule has 0 bridgehead atoms. The molecule has 872 valence electrons. The zero-order chi connectivity index (χ0) is 110. The number of amides is 2. The Morgan fingerprint density at radius 3 is 0.680 bits per heavy atom. The van der Waals surface area contributed by atoms with Gasteiger partial charge in [0.1, 0.15) is 317 Å². The number of carbonyl (C=O) groups is 2. The minimum absolute atomic E-state index is 0.853. The van der Waals surface area contributed by atoms with E-state index >= 15 is 0 Å². The van der Waals surface area contributed by atoms with Crippen LogP contribution in [0.15, 0.2) is 0 Å². The van der Waals surface area contributed by atoms with Gasteiger partial charge in [0.15, 0.2) is 81.8 Å². The molecular weight excluding hydrogens is 2070 g/mol. The minimum Gasteiger partial charge on any atom is -0.394 e. The van der Waals surface area contributed by atoms with Crippen LogP contribution in [0.3, 0.4) is 0 Å². The van der Waals surface area contributed by atoms with Gasteiger partial charge in [-0.05, 0) is 0 Å². The van der Waals surface area contributed by atoms with E-state index in [9.17, 15) is 209 Å². The molecule has 0 aliphatic carbocycles. The maximum absolute atomic E-state index is 13.3. The Balaban J connectivity index is 0.846. The number of carbonyl (C=O) groups excluding carboxylic acids is 2. The Morgan fingerprint density at radius 1 is 0.173 bits per heavy atom. The first-order valence-electron chi connectivity index (χ1n) is 47.7. The molecule has 0 saturated carbocycles. The fourth-order valence-electron chi connectivity index (χ4n) is 19.4. The van der Waals surface area contributed by atoms with Crippen molar-refractivity contribution in [3.8, 4) is 0 Å². The highest BCUT2D eigenvalue weighted by molar-refractivity contribution is 5.73. The SMILES string of the molecule is CC(=O)N[C@@H]1[C@@H](O)[C@H](O[C@@H]2O[C@H](CO)[C@@H](O[C@@H]3O[C@H](CO[C@H]4O[C@H](CO[C@H]5O[C@H](CO)[C@@H](O)[C@H](O)[C@@H]5O[C@H]5O[C@H](CO)[C@@H](O)[C@H](O)[C@@H]5O)[C@@H](O)[C@H](O[C@H]5O[C@H](CO)[C@@H](O)[C@H](O)[C@@H]5O[C@H]5O[C@H](CO)[C@@H](O)[C@H](O)[C@@H]5O)[C@@H]4O)[C@@H](O)[C@H](O[C@H]4O[C@H](CO)[C@@H](O)[C@H](O)[C@@H]4O[C@H]4O[C@H](CO)[C@@H](O)[C@H](O)[C@@H]4O[C@H]4O[C@H](CO)[C@@H](O)[C@H](O[C@H]5O[C@H](CO)[C@@H](O)[C@H](O[C@H]6O[C@H](CO)[C@@H](O)[C@H](O)[C@H]6O)[C@H]5O)[C@@H]4O)[C@@H]3O)[C@H](O)[C@H]2NC(C)=O)[C@@H](CO)O[C@@H]1O.